The van der Waals surface area contributed by atoms with Crippen molar-refractivity contribution >= 4 is 23.2 Å². The highest BCUT2D eigenvalue weighted by atomic mass is 16.2. The van der Waals surface area contributed by atoms with Gasteiger partial charge in [0.05, 0.1) is 11.6 Å². The van der Waals surface area contributed by atoms with Gasteiger partial charge in [0.2, 0.25) is 0 Å². The van der Waals surface area contributed by atoms with Crippen LogP contribution in [0.25, 0.3) is 0 Å². The number of hydrogen-bond acceptors (Lipinski definition) is 4. The maximum absolute atomic E-state index is 13.0. The molecule has 0 saturated heterocycles. The molecule has 1 N–H and O–H groups in total. The summed E-state index contributed by atoms with van der Waals surface area (Å²) in [4.78, 5) is 31.3. The Labute approximate surface area is 169 Å². The van der Waals surface area contributed by atoms with Gasteiger partial charge in [0, 0.05) is 29.7 Å². The van der Waals surface area contributed by atoms with Crippen LogP contribution in [-0.2, 0) is 0 Å². The van der Waals surface area contributed by atoms with Crippen LogP contribution in [0.2, 0.25) is 0 Å². The summed E-state index contributed by atoms with van der Waals surface area (Å²) in [7, 11) is 0. The molecule has 6 heteroatoms. The number of nitrogens with zero attached hydrogens (tertiary/aromatic N) is 3. The number of nitriles is 1. The van der Waals surface area contributed by atoms with Crippen molar-refractivity contribution in [1.29, 1.82) is 5.26 Å². The van der Waals surface area contributed by atoms with Gasteiger partial charge in [0.1, 0.15) is 5.69 Å². The van der Waals surface area contributed by atoms with Crippen LogP contribution in [0.5, 0.6) is 0 Å². The number of nitrogens with one attached hydrogen (secondary N) is 1. The second kappa shape index (κ2) is 8.81. The smallest absolute Gasteiger partial charge is 0.274 e. The van der Waals surface area contributed by atoms with Gasteiger partial charge in [-0.2, -0.15) is 5.26 Å². The number of pyridine rings is 1. The highest BCUT2D eigenvalue weighted by molar-refractivity contribution is 6.08. The number of rotatable bonds is 5. The first-order valence-electron chi connectivity index (χ1n) is 9.18. The fraction of sp³-hybridized carbons (Fsp3) is 0.130. The Bertz CT molecular complexity index is 1080. The number of hydrogen-bond donors (Lipinski definition) is 1. The van der Waals surface area contributed by atoms with Crippen LogP contribution in [0.1, 0.15) is 38.9 Å². The van der Waals surface area contributed by atoms with Crippen molar-refractivity contribution in [3.05, 3.63) is 89.2 Å². The second-order valence-electron chi connectivity index (χ2n) is 6.46. The summed E-state index contributed by atoms with van der Waals surface area (Å²) in [5.74, 6) is -0.629. The average molecular weight is 384 g/mol. The molecular formula is C23H20N4O2. The first-order chi connectivity index (χ1) is 14.0. The van der Waals surface area contributed by atoms with Crippen molar-refractivity contribution in [2.24, 2.45) is 0 Å². The lowest BCUT2D eigenvalue weighted by Gasteiger charge is -2.21. The van der Waals surface area contributed by atoms with Gasteiger partial charge in [-0.05, 0) is 67.9 Å². The van der Waals surface area contributed by atoms with Crippen LogP contribution in [0.3, 0.4) is 0 Å². The second-order valence-corrected chi connectivity index (χ2v) is 6.46. The van der Waals surface area contributed by atoms with Crippen LogP contribution < -0.4 is 10.2 Å². The lowest BCUT2D eigenvalue weighted by atomic mass is 10.1. The minimum absolute atomic E-state index is 0.139. The van der Waals surface area contributed by atoms with Crippen molar-refractivity contribution < 1.29 is 9.59 Å². The summed E-state index contributed by atoms with van der Waals surface area (Å²) in [5, 5.41) is 11.6. The third-order valence-electron chi connectivity index (χ3n) is 4.39. The van der Waals surface area contributed by atoms with Gasteiger partial charge in [-0.1, -0.05) is 12.1 Å². The number of aryl methyl sites for hydroxylation is 1. The number of anilines is 2. The van der Waals surface area contributed by atoms with E-state index in [2.05, 4.69) is 10.3 Å². The number of amides is 2. The number of carbonyl (C=O) groups excluding carboxylic acids is 2. The Morgan fingerprint density at radius 2 is 1.86 bits per heavy atom. The maximum Gasteiger partial charge on any atom is 0.274 e. The molecule has 0 atom stereocenters. The minimum Gasteiger partial charge on any atom is -0.321 e. The molecule has 0 aliphatic carbocycles. The largest absolute Gasteiger partial charge is 0.321 e. The Hall–Kier alpha value is -3.98. The lowest BCUT2D eigenvalue weighted by molar-refractivity contribution is 0.0988. The number of benzene rings is 2. The van der Waals surface area contributed by atoms with Crippen molar-refractivity contribution in [2.75, 3.05) is 16.8 Å². The molecule has 6 nitrogen and oxygen atoms in total. The molecule has 0 fully saturated rings. The van der Waals surface area contributed by atoms with E-state index in [-0.39, 0.29) is 11.6 Å². The quantitative estimate of drug-likeness (QED) is 0.715. The monoisotopic (exact) mass is 384 g/mol. The molecule has 3 rings (SSSR count). The summed E-state index contributed by atoms with van der Waals surface area (Å²) in [6, 6.07) is 19.3. The van der Waals surface area contributed by atoms with Crippen molar-refractivity contribution in [3.63, 3.8) is 0 Å². The zero-order chi connectivity index (χ0) is 20.8. The molecule has 144 valence electrons. The summed E-state index contributed by atoms with van der Waals surface area (Å²) >= 11 is 0. The SMILES string of the molecule is CCN(C(=O)c1ccnc(C(=O)Nc2ccc(C#N)cc2)c1)c1cccc(C)c1. The first kappa shape index (κ1) is 19.8. The molecule has 0 aliphatic heterocycles. The average Bonchev–Trinajstić information content (AvgIpc) is 2.75. The van der Waals surface area contributed by atoms with Crippen molar-refractivity contribution in [2.45, 2.75) is 13.8 Å². The highest BCUT2D eigenvalue weighted by Gasteiger charge is 2.18. The third-order valence-corrected chi connectivity index (χ3v) is 4.39. The zero-order valence-corrected chi connectivity index (χ0v) is 16.2. The Morgan fingerprint density at radius 3 is 2.52 bits per heavy atom. The molecule has 0 aliphatic rings. The van der Waals surface area contributed by atoms with Gasteiger partial charge in [-0.15, -0.1) is 0 Å². The molecular weight excluding hydrogens is 364 g/mol. The molecule has 0 unspecified atom stereocenters. The van der Waals surface area contributed by atoms with Crippen LogP contribution in [-0.4, -0.2) is 23.3 Å². The molecule has 0 spiro atoms. The van der Waals surface area contributed by atoms with Crippen LogP contribution in [0.4, 0.5) is 11.4 Å². The summed E-state index contributed by atoms with van der Waals surface area (Å²) in [5.41, 5.74) is 3.43. The molecule has 0 radical (unpaired) electrons. The van der Waals surface area contributed by atoms with E-state index >= 15 is 0 Å². The maximum atomic E-state index is 13.0. The Kier molecular flexibility index (Phi) is 6.00. The fourth-order valence-corrected chi connectivity index (χ4v) is 2.91. The van der Waals surface area contributed by atoms with Crippen molar-refractivity contribution in [3.8, 4) is 6.07 Å². The number of carbonyl (C=O) groups is 2. The van der Waals surface area contributed by atoms with Crippen LogP contribution >= 0.6 is 0 Å². The van der Waals surface area contributed by atoms with Crippen LogP contribution in [0.15, 0.2) is 66.9 Å². The normalized spacial score (nSPS) is 10.1. The molecule has 2 amide bonds. The molecule has 3 aromatic rings. The van der Waals surface area contributed by atoms with Gasteiger partial charge < -0.3 is 10.2 Å². The van der Waals surface area contributed by atoms with Gasteiger partial charge in [0.25, 0.3) is 11.8 Å². The van der Waals surface area contributed by atoms with Gasteiger partial charge >= 0.3 is 0 Å². The fourth-order valence-electron chi connectivity index (χ4n) is 2.91. The molecule has 2 aromatic carbocycles. The van der Waals surface area contributed by atoms with Crippen molar-refractivity contribution in [1.82, 2.24) is 4.98 Å². The summed E-state index contributed by atoms with van der Waals surface area (Å²) in [6.07, 6.45) is 1.45. The first-order valence-corrected chi connectivity index (χ1v) is 9.18. The predicted octanol–water partition coefficient (Wildman–Crippen LogP) is 4.18. The predicted molar refractivity (Wildman–Crippen MR) is 112 cm³/mol. The van der Waals surface area contributed by atoms with Crippen LogP contribution in [0, 0.1) is 18.3 Å². The van der Waals surface area contributed by atoms with E-state index in [1.807, 2.05) is 44.2 Å². The lowest BCUT2D eigenvalue weighted by Crippen LogP contribution is -2.31. The van der Waals surface area contributed by atoms with E-state index in [1.165, 1.54) is 12.3 Å². The van der Waals surface area contributed by atoms with E-state index in [4.69, 9.17) is 5.26 Å². The molecule has 0 bridgehead atoms. The molecule has 0 saturated carbocycles. The van der Waals surface area contributed by atoms with E-state index < -0.39 is 5.91 Å². The van der Waals surface area contributed by atoms with Gasteiger partial charge in [-0.25, -0.2) is 0 Å². The number of aromatic nitrogens is 1. The van der Waals surface area contributed by atoms with E-state index in [0.717, 1.165) is 11.3 Å². The third kappa shape index (κ3) is 4.66. The van der Waals surface area contributed by atoms with E-state index in [1.54, 1.807) is 35.2 Å². The summed E-state index contributed by atoms with van der Waals surface area (Å²) < 4.78 is 0. The highest BCUT2D eigenvalue weighted by Crippen LogP contribution is 2.19. The molecule has 1 aromatic heterocycles. The molecule has 1 heterocycles. The standard InChI is InChI=1S/C23H20N4O2/c1-3-27(20-6-4-5-16(2)13-20)23(29)18-11-12-25-21(14-18)22(28)26-19-9-7-17(15-24)8-10-19/h4-14H,3H2,1-2H3,(H,26,28). The Morgan fingerprint density at radius 1 is 1.10 bits per heavy atom. The minimum atomic E-state index is -0.428. The van der Waals surface area contributed by atoms with E-state index in [0.29, 0.717) is 23.4 Å². The Balaban J connectivity index is 1.81. The summed E-state index contributed by atoms with van der Waals surface area (Å²) in [6.45, 7) is 4.37. The van der Waals surface area contributed by atoms with E-state index in [9.17, 15) is 9.59 Å². The molecule has 29 heavy (non-hydrogen) atoms. The van der Waals surface area contributed by atoms with Gasteiger partial charge in [-0.3, -0.25) is 14.6 Å². The van der Waals surface area contributed by atoms with Gasteiger partial charge in [0.15, 0.2) is 0 Å². The topological polar surface area (TPSA) is 86.1 Å². The zero-order valence-electron chi connectivity index (χ0n) is 16.2.